The number of rotatable bonds is 9. The van der Waals surface area contributed by atoms with E-state index in [1.165, 1.54) is 13.2 Å². The molecule has 3 aromatic rings. The molecule has 3 aromatic carbocycles. The van der Waals surface area contributed by atoms with Crippen LogP contribution in [-0.4, -0.2) is 25.3 Å². The van der Waals surface area contributed by atoms with Gasteiger partial charge in [0.1, 0.15) is 23.8 Å². The highest BCUT2D eigenvalue weighted by Gasteiger charge is 2.52. The summed E-state index contributed by atoms with van der Waals surface area (Å²) in [5, 5.41) is 0. The molecule has 0 bridgehead atoms. The van der Waals surface area contributed by atoms with Gasteiger partial charge in [0.15, 0.2) is 24.1 Å². The van der Waals surface area contributed by atoms with Crippen molar-refractivity contribution in [2.75, 3.05) is 13.9 Å². The second kappa shape index (κ2) is 10.8. The molecule has 0 radical (unpaired) electrons. The molecule has 6 heteroatoms. The minimum absolute atomic E-state index is 0.0411. The Morgan fingerprint density at radius 1 is 1.03 bits per heavy atom. The maximum absolute atomic E-state index is 15.2. The molecule has 1 aliphatic carbocycles. The molecule has 1 aliphatic heterocycles. The lowest BCUT2D eigenvalue weighted by molar-refractivity contribution is -0.123. The molecule has 5 rings (SSSR count). The van der Waals surface area contributed by atoms with Gasteiger partial charge in [0, 0.05) is 18.1 Å². The minimum atomic E-state index is -0.787. The van der Waals surface area contributed by atoms with Gasteiger partial charge < -0.3 is 18.9 Å². The van der Waals surface area contributed by atoms with Gasteiger partial charge >= 0.3 is 0 Å². The van der Waals surface area contributed by atoms with Crippen molar-refractivity contribution in [3.8, 4) is 11.5 Å². The van der Waals surface area contributed by atoms with Gasteiger partial charge in [-0.1, -0.05) is 67.6 Å². The number of halogens is 1. The Kier molecular flexibility index (Phi) is 7.28. The summed E-state index contributed by atoms with van der Waals surface area (Å²) in [5.74, 6) is 0.647. The summed E-state index contributed by atoms with van der Waals surface area (Å²) in [6.45, 7) is 2.44. The van der Waals surface area contributed by atoms with E-state index < -0.39 is 5.60 Å². The lowest BCUT2D eigenvalue weighted by atomic mass is 9.71. The third-order valence-electron chi connectivity index (χ3n) is 7.39. The van der Waals surface area contributed by atoms with E-state index in [1.54, 1.807) is 12.1 Å². The number of methoxy groups -OCH3 is 1. The van der Waals surface area contributed by atoms with Gasteiger partial charge in [-0.2, -0.15) is 0 Å². The lowest BCUT2D eigenvalue weighted by Gasteiger charge is -2.38. The monoisotopic (exact) mass is 502 g/mol. The van der Waals surface area contributed by atoms with E-state index >= 15 is 4.39 Å². The standard InChI is InChI=1S/C31H31FO5/c1-21(13-24-15-29(28(34-2)16-26(24)32)35-19-23-11-7-4-8-12-23)31-18-25(14-22-9-5-3-6-10-22)27(33)17-30(31)36-20-37-31/h3-12,15-17,21,25H,13-14,18-20H2,1-2H3/t21-,25-,31+/m0/s1. The van der Waals surface area contributed by atoms with Crippen molar-refractivity contribution in [1.29, 1.82) is 0 Å². The molecule has 1 fully saturated rings. The van der Waals surface area contributed by atoms with Gasteiger partial charge in [-0.25, -0.2) is 4.39 Å². The number of ether oxygens (including phenoxy) is 4. The van der Waals surface area contributed by atoms with E-state index in [4.69, 9.17) is 18.9 Å². The van der Waals surface area contributed by atoms with Crippen LogP contribution in [0.4, 0.5) is 4.39 Å². The van der Waals surface area contributed by atoms with Crippen LogP contribution in [0.2, 0.25) is 0 Å². The Hall–Kier alpha value is -3.64. The Balaban J connectivity index is 1.38. The summed E-state index contributed by atoms with van der Waals surface area (Å²) < 4.78 is 38.5. The SMILES string of the molecule is COc1cc(F)c(C[C@H](C)[C@]23C[C@H](Cc4ccccc4)C(=O)C=C2OCO3)cc1OCc1ccccc1. The van der Waals surface area contributed by atoms with Gasteiger partial charge in [0.25, 0.3) is 0 Å². The molecule has 5 nitrogen and oxygen atoms in total. The number of hydrogen-bond acceptors (Lipinski definition) is 5. The van der Waals surface area contributed by atoms with Gasteiger partial charge in [0.2, 0.25) is 0 Å². The number of carbonyl (C=O) groups is 1. The quantitative estimate of drug-likeness (QED) is 0.357. The summed E-state index contributed by atoms with van der Waals surface area (Å²) in [4.78, 5) is 12.9. The van der Waals surface area contributed by atoms with Crippen LogP contribution >= 0.6 is 0 Å². The molecule has 192 valence electrons. The van der Waals surface area contributed by atoms with Crippen molar-refractivity contribution in [3.63, 3.8) is 0 Å². The number of fused-ring (bicyclic) bond motifs is 1. The smallest absolute Gasteiger partial charge is 0.189 e. The Morgan fingerprint density at radius 2 is 1.73 bits per heavy atom. The number of ketones is 1. The average molecular weight is 503 g/mol. The zero-order valence-corrected chi connectivity index (χ0v) is 21.1. The fraction of sp³-hybridized carbons (Fsp3) is 0.323. The molecule has 0 amide bonds. The van der Waals surface area contributed by atoms with Gasteiger partial charge in [-0.3, -0.25) is 4.79 Å². The van der Waals surface area contributed by atoms with Crippen molar-refractivity contribution in [2.24, 2.45) is 11.8 Å². The van der Waals surface area contributed by atoms with Gasteiger partial charge in [0.05, 0.1) is 7.11 Å². The van der Waals surface area contributed by atoms with Crippen LogP contribution in [0.3, 0.4) is 0 Å². The lowest BCUT2D eigenvalue weighted by Crippen LogP contribution is -2.45. The van der Waals surface area contributed by atoms with Crippen LogP contribution in [-0.2, 0) is 33.7 Å². The Morgan fingerprint density at radius 3 is 2.43 bits per heavy atom. The molecule has 0 saturated carbocycles. The molecule has 37 heavy (non-hydrogen) atoms. The molecule has 0 spiro atoms. The highest BCUT2D eigenvalue weighted by atomic mass is 19.1. The maximum Gasteiger partial charge on any atom is 0.189 e. The highest BCUT2D eigenvalue weighted by molar-refractivity contribution is 5.94. The first-order valence-corrected chi connectivity index (χ1v) is 12.6. The fourth-order valence-corrected chi connectivity index (χ4v) is 5.32. The molecule has 3 atom stereocenters. The van der Waals surface area contributed by atoms with E-state index in [-0.39, 0.29) is 30.2 Å². The first-order chi connectivity index (χ1) is 18.0. The van der Waals surface area contributed by atoms with Crippen molar-refractivity contribution in [2.45, 2.75) is 38.4 Å². The van der Waals surface area contributed by atoms with E-state index in [9.17, 15) is 4.79 Å². The normalized spacial score (nSPS) is 21.5. The van der Waals surface area contributed by atoms with Crippen LogP contribution in [0.5, 0.6) is 11.5 Å². The predicted octanol–water partition coefficient (Wildman–Crippen LogP) is 6.05. The largest absolute Gasteiger partial charge is 0.493 e. The number of hydrogen-bond donors (Lipinski definition) is 0. The highest BCUT2D eigenvalue weighted by Crippen LogP contribution is 2.46. The molecule has 1 saturated heterocycles. The third-order valence-corrected chi connectivity index (χ3v) is 7.39. The van der Waals surface area contributed by atoms with Gasteiger partial charge in [-0.15, -0.1) is 0 Å². The average Bonchev–Trinajstić information content (AvgIpc) is 3.34. The number of benzene rings is 3. The first kappa shape index (κ1) is 25.0. The van der Waals surface area contributed by atoms with E-state index in [2.05, 4.69) is 0 Å². The van der Waals surface area contributed by atoms with Crippen LogP contribution in [0, 0.1) is 17.7 Å². The van der Waals surface area contributed by atoms with Crippen LogP contribution in [0.25, 0.3) is 0 Å². The molecular weight excluding hydrogens is 471 g/mol. The second-order valence-corrected chi connectivity index (χ2v) is 9.77. The first-order valence-electron chi connectivity index (χ1n) is 12.6. The van der Waals surface area contributed by atoms with Crippen LogP contribution in [0.15, 0.2) is 84.6 Å². The zero-order valence-electron chi connectivity index (χ0n) is 21.1. The number of carbonyl (C=O) groups excluding carboxylic acids is 1. The Labute approximate surface area is 216 Å². The number of allylic oxidation sites excluding steroid dienone is 1. The summed E-state index contributed by atoms with van der Waals surface area (Å²) >= 11 is 0. The van der Waals surface area contributed by atoms with E-state index in [0.29, 0.717) is 48.7 Å². The van der Waals surface area contributed by atoms with E-state index in [1.807, 2.05) is 67.6 Å². The summed E-state index contributed by atoms with van der Waals surface area (Å²) in [7, 11) is 1.50. The van der Waals surface area contributed by atoms with Crippen molar-refractivity contribution in [3.05, 3.63) is 107 Å². The molecule has 0 unspecified atom stereocenters. The predicted molar refractivity (Wildman–Crippen MR) is 138 cm³/mol. The summed E-state index contributed by atoms with van der Waals surface area (Å²) in [5.41, 5.74) is 1.81. The van der Waals surface area contributed by atoms with Crippen molar-refractivity contribution in [1.82, 2.24) is 0 Å². The molecular formula is C31H31FO5. The molecule has 0 N–H and O–H groups in total. The van der Waals surface area contributed by atoms with Gasteiger partial charge in [-0.05, 0) is 47.9 Å². The minimum Gasteiger partial charge on any atom is -0.493 e. The van der Waals surface area contributed by atoms with Crippen LogP contribution in [0.1, 0.15) is 30.0 Å². The molecule has 1 heterocycles. The fourth-order valence-electron chi connectivity index (χ4n) is 5.32. The second-order valence-electron chi connectivity index (χ2n) is 9.77. The summed E-state index contributed by atoms with van der Waals surface area (Å²) in [6, 6.07) is 22.8. The molecule has 0 aromatic heterocycles. The van der Waals surface area contributed by atoms with Crippen LogP contribution < -0.4 is 9.47 Å². The van der Waals surface area contributed by atoms with Crippen molar-refractivity contribution < 1.29 is 28.1 Å². The summed E-state index contributed by atoms with van der Waals surface area (Å²) in [6.07, 6.45) is 3.07. The van der Waals surface area contributed by atoms with Crippen molar-refractivity contribution >= 4 is 5.78 Å². The topological polar surface area (TPSA) is 54.0 Å². The maximum atomic E-state index is 15.2. The molecule has 2 aliphatic rings. The zero-order chi connectivity index (χ0) is 25.8. The third kappa shape index (κ3) is 5.25. The Bertz CT molecular complexity index is 1270. The van der Waals surface area contributed by atoms with E-state index in [0.717, 1.165) is 11.1 Å².